The van der Waals surface area contributed by atoms with Gasteiger partial charge in [0.1, 0.15) is 5.78 Å². The molecule has 0 N–H and O–H groups in total. The molecule has 1 heteroatoms. The molecule has 1 aliphatic rings. The molecule has 1 saturated carbocycles. The van der Waals surface area contributed by atoms with Gasteiger partial charge in [0, 0.05) is 18.8 Å². The van der Waals surface area contributed by atoms with Crippen LogP contribution in [0, 0.1) is 18.3 Å². The fourth-order valence-electron chi connectivity index (χ4n) is 1.25. The van der Waals surface area contributed by atoms with E-state index in [4.69, 9.17) is 6.42 Å². The Kier molecular flexibility index (Phi) is 1.89. The molecule has 1 aliphatic carbocycles. The Bertz CT molecular complexity index is 152. The lowest BCUT2D eigenvalue weighted by molar-refractivity contribution is -0.120. The number of terminal acetylenes is 1. The van der Waals surface area contributed by atoms with Crippen molar-refractivity contribution in [2.75, 3.05) is 0 Å². The van der Waals surface area contributed by atoms with Crippen LogP contribution in [0.2, 0.25) is 0 Å². The fraction of sp³-hybridized carbons (Fsp3) is 0.625. The summed E-state index contributed by atoms with van der Waals surface area (Å²) >= 11 is 0. The van der Waals surface area contributed by atoms with Crippen LogP contribution in [-0.2, 0) is 4.79 Å². The van der Waals surface area contributed by atoms with Crippen LogP contribution in [0.15, 0.2) is 0 Å². The third-order valence-corrected chi connectivity index (χ3v) is 1.80. The van der Waals surface area contributed by atoms with E-state index >= 15 is 0 Å². The van der Waals surface area contributed by atoms with Gasteiger partial charge in [-0.05, 0) is 12.8 Å². The molecule has 48 valence electrons. The van der Waals surface area contributed by atoms with Crippen LogP contribution < -0.4 is 0 Å². The van der Waals surface area contributed by atoms with Gasteiger partial charge in [-0.15, -0.1) is 12.3 Å². The van der Waals surface area contributed by atoms with Gasteiger partial charge in [-0.2, -0.15) is 0 Å². The number of rotatable bonds is 1. The van der Waals surface area contributed by atoms with Gasteiger partial charge in [0.25, 0.3) is 0 Å². The molecule has 0 amide bonds. The molecule has 0 aromatic heterocycles. The largest absolute Gasteiger partial charge is 0.299 e. The standard InChI is InChI=1S/C8H10O/c1-2-4-7-5-3-6-8(7)9/h1,7H,3-6H2. The molecule has 1 unspecified atom stereocenters. The molecule has 1 rings (SSSR count). The lowest BCUT2D eigenvalue weighted by Crippen LogP contribution is -2.03. The molecule has 9 heavy (non-hydrogen) atoms. The quantitative estimate of drug-likeness (QED) is 0.480. The predicted molar refractivity (Wildman–Crippen MR) is 35.8 cm³/mol. The third-order valence-electron chi connectivity index (χ3n) is 1.80. The van der Waals surface area contributed by atoms with Crippen LogP contribution in [0.5, 0.6) is 0 Å². The zero-order chi connectivity index (χ0) is 6.69. The van der Waals surface area contributed by atoms with Gasteiger partial charge in [-0.25, -0.2) is 0 Å². The van der Waals surface area contributed by atoms with Crippen molar-refractivity contribution in [3.8, 4) is 12.3 Å². The van der Waals surface area contributed by atoms with Crippen molar-refractivity contribution in [3.05, 3.63) is 0 Å². The molecule has 1 nitrogen and oxygen atoms in total. The third kappa shape index (κ3) is 1.32. The summed E-state index contributed by atoms with van der Waals surface area (Å²) in [6.07, 6.45) is 8.54. The molecule has 0 aromatic rings. The SMILES string of the molecule is C#CCC1CCCC1=O. The summed E-state index contributed by atoms with van der Waals surface area (Å²) in [6.45, 7) is 0. The molecule has 0 aromatic carbocycles. The highest BCUT2D eigenvalue weighted by Gasteiger charge is 2.22. The Balaban J connectivity index is 2.42. The van der Waals surface area contributed by atoms with Crippen LogP contribution in [-0.4, -0.2) is 5.78 Å². The Morgan fingerprint density at radius 2 is 2.56 bits per heavy atom. The van der Waals surface area contributed by atoms with E-state index in [1.165, 1.54) is 0 Å². The van der Waals surface area contributed by atoms with Gasteiger partial charge in [0.15, 0.2) is 0 Å². The van der Waals surface area contributed by atoms with Crippen LogP contribution in [0.4, 0.5) is 0 Å². The van der Waals surface area contributed by atoms with Crippen molar-refractivity contribution >= 4 is 5.78 Å². The summed E-state index contributed by atoms with van der Waals surface area (Å²) in [6, 6.07) is 0. The number of ketones is 1. The van der Waals surface area contributed by atoms with E-state index in [0.29, 0.717) is 12.2 Å². The molecule has 0 spiro atoms. The first-order valence-corrected chi connectivity index (χ1v) is 3.31. The summed E-state index contributed by atoms with van der Waals surface area (Å²) in [7, 11) is 0. The summed E-state index contributed by atoms with van der Waals surface area (Å²) in [5.74, 6) is 3.09. The van der Waals surface area contributed by atoms with Crippen molar-refractivity contribution in [2.45, 2.75) is 25.7 Å². The van der Waals surface area contributed by atoms with Crippen LogP contribution >= 0.6 is 0 Å². The minimum Gasteiger partial charge on any atom is -0.299 e. The minimum atomic E-state index is 0.204. The van der Waals surface area contributed by atoms with Crippen LogP contribution in [0.1, 0.15) is 25.7 Å². The number of hydrogen-bond donors (Lipinski definition) is 0. The van der Waals surface area contributed by atoms with Crippen LogP contribution in [0.3, 0.4) is 0 Å². The van der Waals surface area contributed by atoms with E-state index in [2.05, 4.69) is 5.92 Å². The van der Waals surface area contributed by atoms with E-state index in [1.54, 1.807) is 0 Å². The van der Waals surface area contributed by atoms with E-state index in [9.17, 15) is 4.79 Å². The fourth-order valence-corrected chi connectivity index (χ4v) is 1.25. The Hall–Kier alpha value is -0.770. The number of hydrogen-bond acceptors (Lipinski definition) is 1. The van der Waals surface area contributed by atoms with E-state index in [-0.39, 0.29) is 5.92 Å². The average molecular weight is 122 g/mol. The maximum Gasteiger partial charge on any atom is 0.136 e. The first-order chi connectivity index (χ1) is 4.34. The van der Waals surface area contributed by atoms with Crippen molar-refractivity contribution < 1.29 is 4.79 Å². The van der Waals surface area contributed by atoms with E-state index in [1.807, 2.05) is 0 Å². The van der Waals surface area contributed by atoms with Crippen molar-refractivity contribution in [2.24, 2.45) is 5.92 Å². The number of carbonyl (C=O) groups excluding carboxylic acids is 1. The van der Waals surface area contributed by atoms with Gasteiger partial charge in [-0.3, -0.25) is 4.79 Å². The van der Waals surface area contributed by atoms with Gasteiger partial charge in [0.2, 0.25) is 0 Å². The van der Waals surface area contributed by atoms with Crippen molar-refractivity contribution in [3.63, 3.8) is 0 Å². The molecule has 1 atom stereocenters. The molecular weight excluding hydrogens is 112 g/mol. The zero-order valence-corrected chi connectivity index (χ0v) is 5.39. The molecule has 1 fully saturated rings. The smallest absolute Gasteiger partial charge is 0.136 e. The summed E-state index contributed by atoms with van der Waals surface area (Å²) in [5.41, 5.74) is 0. The first-order valence-electron chi connectivity index (χ1n) is 3.31. The van der Waals surface area contributed by atoms with Gasteiger partial charge < -0.3 is 0 Å². The zero-order valence-electron chi connectivity index (χ0n) is 5.39. The van der Waals surface area contributed by atoms with E-state index in [0.717, 1.165) is 19.3 Å². The molecule has 0 radical (unpaired) electrons. The molecular formula is C8H10O. The van der Waals surface area contributed by atoms with Crippen molar-refractivity contribution in [1.82, 2.24) is 0 Å². The maximum atomic E-state index is 10.9. The number of carbonyl (C=O) groups is 1. The second-order valence-corrected chi connectivity index (χ2v) is 2.46. The highest BCUT2D eigenvalue weighted by molar-refractivity contribution is 5.83. The lowest BCUT2D eigenvalue weighted by Gasteiger charge is -1.98. The monoisotopic (exact) mass is 122 g/mol. The normalized spacial score (nSPS) is 26.1. The molecule has 0 aliphatic heterocycles. The van der Waals surface area contributed by atoms with Crippen LogP contribution in [0.25, 0.3) is 0 Å². The Labute approximate surface area is 55.4 Å². The maximum absolute atomic E-state index is 10.9. The number of Topliss-reactive ketones (excluding diaryl/α,β-unsaturated/α-hetero) is 1. The van der Waals surface area contributed by atoms with Gasteiger partial charge >= 0.3 is 0 Å². The van der Waals surface area contributed by atoms with E-state index < -0.39 is 0 Å². The highest BCUT2D eigenvalue weighted by atomic mass is 16.1. The first kappa shape index (κ1) is 6.35. The summed E-state index contributed by atoms with van der Waals surface area (Å²) < 4.78 is 0. The average Bonchev–Trinajstić information content (AvgIpc) is 2.18. The second-order valence-electron chi connectivity index (χ2n) is 2.46. The molecule has 0 heterocycles. The van der Waals surface area contributed by atoms with Crippen molar-refractivity contribution in [1.29, 1.82) is 0 Å². The Morgan fingerprint density at radius 1 is 1.78 bits per heavy atom. The topological polar surface area (TPSA) is 17.1 Å². The minimum absolute atomic E-state index is 0.204. The van der Waals surface area contributed by atoms with Gasteiger partial charge in [0.05, 0.1) is 0 Å². The second kappa shape index (κ2) is 2.68. The van der Waals surface area contributed by atoms with Gasteiger partial charge in [-0.1, -0.05) is 0 Å². The summed E-state index contributed by atoms with van der Waals surface area (Å²) in [5, 5.41) is 0. The lowest BCUT2D eigenvalue weighted by atomic mass is 10.0. The summed E-state index contributed by atoms with van der Waals surface area (Å²) in [4.78, 5) is 10.9. The highest BCUT2D eigenvalue weighted by Crippen LogP contribution is 2.23. The predicted octanol–water partition coefficient (Wildman–Crippen LogP) is 1.38. The molecule has 0 saturated heterocycles. The molecule has 0 bridgehead atoms. The Morgan fingerprint density at radius 3 is 3.00 bits per heavy atom.